The predicted molar refractivity (Wildman–Crippen MR) is 84.4 cm³/mol. The molecule has 2 aromatic rings. The van der Waals surface area contributed by atoms with Gasteiger partial charge in [0.1, 0.15) is 18.1 Å². The van der Waals surface area contributed by atoms with Crippen LogP contribution in [0, 0.1) is 0 Å². The Balaban J connectivity index is 2.20. The first-order chi connectivity index (χ1) is 10.6. The quantitative estimate of drug-likeness (QED) is 0.634. The molecule has 0 atom stereocenters. The number of nitrogens with zero attached hydrogens (tertiary/aromatic N) is 1. The Morgan fingerprint density at radius 1 is 1.00 bits per heavy atom. The van der Waals surface area contributed by atoms with Crippen molar-refractivity contribution in [3.05, 3.63) is 61.2 Å². The number of phenols is 2. The molecular weight excluding hydrogens is 282 g/mol. The molecule has 5 nitrogen and oxygen atoms in total. The molecule has 0 aliphatic carbocycles. The van der Waals surface area contributed by atoms with Crippen molar-refractivity contribution >= 4 is 17.3 Å². The Morgan fingerprint density at radius 2 is 1.45 bits per heavy atom. The van der Waals surface area contributed by atoms with E-state index in [1.54, 1.807) is 48.5 Å². The number of hydrogen-bond acceptors (Lipinski definition) is 5. The molecule has 0 aromatic heterocycles. The summed E-state index contributed by atoms with van der Waals surface area (Å²) in [4.78, 5) is 13.0. The van der Waals surface area contributed by atoms with E-state index in [0.29, 0.717) is 6.54 Å². The Hall–Kier alpha value is -2.95. The van der Waals surface area contributed by atoms with Gasteiger partial charge >= 0.3 is 5.97 Å². The summed E-state index contributed by atoms with van der Waals surface area (Å²) >= 11 is 0. The lowest BCUT2D eigenvalue weighted by molar-refractivity contribution is -0.137. The number of ether oxygens (including phenoxy) is 1. The van der Waals surface area contributed by atoms with Crippen LogP contribution in [0.1, 0.15) is 0 Å². The van der Waals surface area contributed by atoms with E-state index in [9.17, 15) is 15.0 Å². The largest absolute Gasteiger partial charge is 0.508 e. The summed E-state index contributed by atoms with van der Waals surface area (Å²) in [7, 11) is 0. The van der Waals surface area contributed by atoms with E-state index in [0.717, 1.165) is 17.5 Å². The third kappa shape index (κ3) is 4.02. The van der Waals surface area contributed by atoms with Crippen molar-refractivity contribution in [2.45, 2.75) is 0 Å². The monoisotopic (exact) mass is 299 g/mol. The van der Waals surface area contributed by atoms with Crippen LogP contribution >= 0.6 is 0 Å². The highest BCUT2D eigenvalue weighted by atomic mass is 16.5. The van der Waals surface area contributed by atoms with Gasteiger partial charge in [-0.25, -0.2) is 4.79 Å². The van der Waals surface area contributed by atoms with Crippen LogP contribution < -0.4 is 4.90 Å². The minimum absolute atomic E-state index is 0.174. The number of benzene rings is 2. The summed E-state index contributed by atoms with van der Waals surface area (Å²) in [5.74, 6) is -0.128. The molecule has 5 heteroatoms. The van der Waals surface area contributed by atoms with Crippen LogP contribution in [-0.2, 0) is 9.53 Å². The van der Waals surface area contributed by atoms with Crippen molar-refractivity contribution in [3.63, 3.8) is 0 Å². The van der Waals surface area contributed by atoms with Crippen molar-refractivity contribution in [2.75, 3.05) is 18.1 Å². The van der Waals surface area contributed by atoms with Gasteiger partial charge in [0.15, 0.2) is 0 Å². The Kier molecular flexibility index (Phi) is 5.03. The van der Waals surface area contributed by atoms with E-state index in [-0.39, 0.29) is 18.1 Å². The lowest BCUT2D eigenvalue weighted by Gasteiger charge is -2.25. The van der Waals surface area contributed by atoms with Crippen molar-refractivity contribution in [2.24, 2.45) is 0 Å². The van der Waals surface area contributed by atoms with E-state index < -0.39 is 5.97 Å². The van der Waals surface area contributed by atoms with Gasteiger partial charge in [-0.2, -0.15) is 0 Å². The number of esters is 1. The number of anilines is 2. The molecule has 0 saturated heterocycles. The minimum atomic E-state index is -0.476. The number of carbonyl (C=O) groups excluding carboxylic acids is 1. The maximum absolute atomic E-state index is 11.1. The second-order valence-corrected chi connectivity index (χ2v) is 4.56. The summed E-state index contributed by atoms with van der Waals surface area (Å²) in [5.41, 5.74) is 1.66. The van der Waals surface area contributed by atoms with Crippen molar-refractivity contribution in [1.29, 1.82) is 0 Å². The maximum Gasteiger partial charge on any atom is 0.330 e. The van der Waals surface area contributed by atoms with Gasteiger partial charge in [-0.1, -0.05) is 6.58 Å². The zero-order valence-corrected chi connectivity index (χ0v) is 12.0. The van der Waals surface area contributed by atoms with Crippen molar-refractivity contribution in [1.82, 2.24) is 0 Å². The van der Waals surface area contributed by atoms with Crippen LogP contribution in [-0.4, -0.2) is 29.3 Å². The number of carbonyl (C=O) groups is 1. The lowest BCUT2D eigenvalue weighted by Crippen LogP contribution is -2.23. The molecule has 0 aliphatic heterocycles. The zero-order chi connectivity index (χ0) is 15.9. The number of aromatic hydroxyl groups is 2. The van der Waals surface area contributed by atoms with Gasteiger partial charge in [0.2, 0.25) is 0 Å². The van der Waals surface area contributed by atoms with Crippen LogP contribution in [0.15, 0.2) is 61.2 Å². The first-order valence-electron chi connectivity index (χ1n) is 6.75. The van der Waals surface area contributed by atoms with Gasteiger partial charge < -0.3 is 19.8 Å². The molecule has 2 rings (SSSR count). The van der Waals surface area contributed by atoms with Crippen LogP contribution in [0.2, 0.25) is 0 Å². The normalized spacial score (nSPS) is 10.0. The standard InChI is InChI=1S/C17H17NO4/c1-2-17(21)22-12-11-18(13-3-7-15(19)8-4-13)14-5-9-16(20)10-6-14/h2-10,19-20H,1,11-12H2. The fraction of sp³-hybridized carbons (Fsp3) is 0.118. The molecule has 0 spiro atoms. The number of phenolic OH excluding ortho intramolecular Hbond substituents is 2. The fourth-order valence-corrected chi connectivity index (χ4v) is 1.97. The molecule has 2 aromatic carbocycles. The second kappa shape index (κ2) is 7.17. The van der Waals surface area contributed by atoms with Gasteiger partial charge in [-0.05, 0) is 48.5 Å². The maximum atomic E-state index is 11.1. The zero-order valence-electron chi connectivity index (χ0n) is 12.0. The molecule has 0 radical (unpaired) electrons. The molecule has 2 N–H and O–H groups in total. The van der Waals surface area contributed by atoms with Gasteiger partial charge in [0.25, 0.3) is 0 Å². The third-order valence-electron chi connectivity index (χ3n) is 3.05. The van der Waals surface area contributed by atoms with E-state index in [1.807, 2.05) is 4.90 Å². The topological polar surface area (TPSA) is 70.0 Å². The van der Waals surface area contributed by atoms with E-state index in [1.165, 1.54) is 0 Å². The highest BCUT2D eigenvalue weighted by molar-refractivity contribution is 5.81. The number of hydrogen-bond donors (Lipinski definition) is 2. The van der Waals surface area contributed by atoms with Crippen LogP contribution in [0.4, 0.5) is 11.4 Å². The minimum Gasteiger partial charge on any atom is -0.508 e. The molecule has 0 fully saturated rings. The van der Waals surface area contributed by atoms with E-state index in [4.69, 9.17) is 4.74 Å². The smallest absolute Gasteiger partial charge is 0.330 e. The molecule has 0 saturated carbocycles. The molecular formula is C17H17NO4. The van der Waals surface area contributed by atoms with Crippen LogP contribution in [0.3, 0.4) is 0 Å². The molecule has 22 heavy (non-hydrogen) atoms. The number of rotatable bonds is 6. The molecule has 0 aliphatic rings. The van der Waals surface area contributed by atoms with Gasteiger partial charge in [-0.15, -0.1) is 0 Å². The Labute approximate surface area is 128 Å². The Bertz CT molecular complexity index is 589. The summed E-state index contributed by atoms with van der Waals surface area (Å²) < 4.78 is 5.01. The summed E-state index contributed by atoms with van der Waals surface area (Å²) in [6.07, 6.45) is 1.12. The van der Waals surface area contributed by atoms with E-state index in [2.05, 4.69) is 6.58 Å². The average Bonchev–Trinajstić information content (AvgIpc) is 2.53. The van der Waals surface area contributed by atoms with Gasteiger partial charge in [-0.3, -0.25) is 0 Å². The predicted octanol–water partition coefficient (Wildman–Crippen LogP) is 2.97. The lowest BCUT2D eigenvalue weighted by atomic mass is 10.2. The fourth-order valence-electron chi connectivity index (χ4n) is 1.97. The average molecular weight is 299 g/mol. The van der Waals surface area contributed by atoms with Gasteiger partial charge in [0, 0.05) is 17.5 Å². The summed E-state index contributed by atoms with van der Waals surface area (Å²) in [5, 5.41) is 18.8. The molecule has 0 heterocycles. The second-order valence-electron chi connectivity index (χ2n) is 4.56. The van der Waals surface area contributed by atoms with Crippen LogP contribution in [0.5, 0.6) is 11.5 Å². The van der Waals surface area contributed by atoms with Crippen LogP contribution in [0.25, 0.3) is 0 Å². The molecule has 0 bridgehead atoms. The molecule has 0 unspecified atom stereocenters. The van der Waals surface area contributed by atoms with Crippen molar-refractivity contribution < 1.29 is 19.7 Å². The highest BCUT2D eigenvalue weighted by Crippen LogP contribution is 2.27. The summed E-state index contributed by atoms with van der Waals surface area (Å²) in [6, 6.07) is 13.4. The molecule has 0 amide bonds. The van der Waals surface area contributed by atoms with Crippen molar-refractivity contribution in [3.8, 4) is 11.5 Å². The summed E-state index contributed by atoms with van der Waals surface area (Å²) in [6.45, 7) is 3.96. The Morgan fingerprint density at radius 3 is 1.86 bits per heavy atom. The van der Waals surface area contributed by atoms with Gasteiger partial charge in [0.05, 0.1) is 6.54 Å². The highest BCUT2D eigenvalue weighted by Gasteiger charge is 2.10. The first kappa shape index (κ1) is 15.4. The third-order valence-corrected chi connectivity index (χ3v) is 3.05. The first-order valence-corrected chi connectivity index (χ1v) is 6.75. The van der Waals surface area contributed by atoms with E-state index >= 15 is 0 Å². The molecule has 114 valence electrons. The SMILES string of the molecule is C=CC(=O)OCCN(c1ccc(O)cc1)c1ccc(O)cc1.